The number of hydrogen-bond donors (Lipinski definition) is 1. The SMILES string of the molecule is Cc1ccc(C(C)N(C)C(=O)c2cn[nH]c2C)cc1. The highest BCUT2D eigenvalue weighted by molar-refractivity contribution is 5.95. The number of amides is 1. The van der Waals surface area contributed by atoms with Crippen molar-refractivity contribution >= 4 is 5.91 Å². The van der Waals surface area contributed by atoms with E-state index in [2.05, 4.69) is 41.4 Å². The molecule has 19 heavy (non-hydrogen) atoms. The number of aromatic amines is 1. The van der Waals surface area contributed by atoms with E-state index in [0.29, 0.717) is 5.56 Å². The first kappa shape index (κ1) is 13.3. The Hall–Kier alpha value is -2.10. The normalized spacial score (nSPS) is 12.2. The van der Waals surface area contributed by atoms with Crippen LogP contribution in [0.5, 0.6) is 0 Å². The van der Waals surface area contributed by atoms with Crippen molar-refractivity contribution in [1.82, 2.24) is 15.1 Å². The summed E-state index contributed by atoms with van der Waals surface area (Å²) in [6.07, 6.45) is 1.58. The molecule has 1 unspecified atom stereocenters. The number of nitrogens with zero attached hydrogens (tertiary/aromatic N) is 2. The van der Waals surface area contributed by atoms with E-state index in [9.17, 15) is 4.79 Å². The van der Waals surface area contributed by atoms with Gasteiger partial charge >= 0.3 is 0 Å². The zero-order chi connectivity index (χ0) is 14.0. The molecule has 0 spiro atoms. The summed E-state index contributed by atoms with van der Waals surface area (Å²) in [5, 5.41) is 6.69. The lowest BCUT2D eigenvalue weighted by Gasteiger charge is -2.25. The predicted molar refractivity (Wildman–Crippen MR) is 75.0 cm³/mol. The van der Waals surface area contributed by atoms with Crippen LogP contribution in [0.1, 0.15) is 40.1 Å². The van der Waals surface area contributed by atoms with E-state index in [4.69, 9.17) is 0 Å². The fourth-order valence-electron chi connectivity index (χ4n) is 2.00. The molecule has 1 N–H and O–H groups in total. The smallest absolute Gasteiger partial charge is 0.257 e. The molecular weight excluding hydrogens is 238 g/mol. The second kappa shape index (κ2) is 5.26. The number of rotatable bonds is 3. The number of carbonyl (C=O) groups is 1. The van der Waals surface area contributed by atoms with Gasteiger partial charge < -0.3 is 4.90 Å². The molecule has 4 heteroatoms. The molecule has 0 radical (unpaired) electrons. The number of aryl methyl sites for hydroxylation is 2. The third-order valence-electron chi connectivity index (χ3n) is 3.52. The molecule has 0 saturated carbocycles. The lowest BCUT2D eigenvalue weighted by atomic mass is 10.0. The van der Waals surface area contributed by atoms with Gasteiger partial charge in [0.05, 0.1) is 17.8 Å². The number of nitrogens with one attached hydrogen (secondary N) is 1. The van der Waals surface area contributed by atoms with Crippen LogP contribution in [0, 0.1) is 13.8 Å². The summed E-state index contributed by atoms with van der Waals surface area (Å²) < 4.78 is 0. The molecule has 2 rings (SSSR count). The van der Waals surface area contributed by atoms with Gasteiger partial charge in [0.15, 0.2) is 0 Å². The first-order chi connectivity index (χ1) is 9.00. The summed E-state index contributed by atoms with van der Waals surface area (Å²) in [6.45, 7) is 5.93. The Morgan fingerprint density at radius 3 is 2.42 bits per heavy atom. The van der Waals surface area contributed by atoms with Crippen LogP contribution in [0.4, 0.5) is 0 Å². The zero-order valence-corrected chi connectivity index (χ0v) is 11.8. The fourth-order valence-corrected chi connectivity index (χ4v) is 2.00. The maximum atomic E-state index is 12.4. The molecule has 0 aliphatic rings. The van der Waals surface area contributed by atoms with E-state index in [1.807, 2.05) is 20.9 Å². The van der Waals surface area contributed by atoms with Crippen molar-refractivity contribution in [2.75, 3.05) is 7.05 Å². The van der Waals surface area contributed by atoms with Gasteiger partial charge in [0.2, 0.25) is 0 Å². The molecule has 100 valence electrons. The third kappa shape index (κ3) is 2.67. The average molecular weight is 257 g/mol. The van der Waals surface area contributed by atoms with Crippen molar-refractivity contribution in [3.05, 3.63) is 52.8 Å². The second-order valence-corrected chi connectivity index (χ2v) is 4.91. The van der Waals surface area contributed by atoms with E-state index >= 15 is 0 Å². The Morgan fingerprint density at radius 1 is 1.26 bits per heavy atom. The molecule has 0 fully saturated rings. The van der Waals surface area contributed by atoms with E-state index < -0.39 is 0 Å². The molecule has 2 aromatic rings. The summed E-state index contributed by atoms with van der Waals surface area (Å²) in [5.41, 5.74) is 3.77. The molecule has 4 nitrogen and oxygen atoms in total. The van der Waals surface area contributed by atoms with Gasteiger partial charge in [-0.2, -0.15) is 5.10 Å². The van der Waals surface area contributed by atoms with Crippen LogP contribution in [-0.2, 0) is 0 Å². The van der Waals surface area contributed by atoms with E-state index in [0.717, 1.165) is 11.3 Å². The largest absolute Gasteiger partial charge is 0.335 e. The van der Waals surface area contributed by atoms with Crippen molar-refractivity contribution in [3.63, 3.8) is 0 Å². The Balaban J connectivity index is 2.19. The molecule has 0 aliphatic carbocycles. The Bertz CT molecular complexity index is 571. The summed E-state index contributed by atoms with van der Waals surface area (Å²) in [5.74, 6) is -0.0145. The monoisotopic (exact) mass is 257 g/mol. The number of H-pyrrole nitrogens is 1. The van der Waals surface area contributed by atoms with E-state index in [-0.39, 0.29) is 11.9 Å². The topological polar surface area (TPSA) is 49.0 Å². The highest BCUT2D eigenvalue weighted by Crippen LogP contribution is 2.21. The van der Waals surface area contributed by atoms with Crippen LogP contribution in [0.15, 0.2) is 30.5 Å². The minimum absolute atomic E-state index is 0.0145. The maximum Gasteiger partial charge on any atom is 0.257 e. The first-order valence-corrected chi connectivity index (χ1v) is 6.34. The minimum Gasteiger partial charge on any atom is -0.335 e. The van der Waals surface area contributed by atoms with Crippen LogP contribution < -0.4 is 0 Å². The van der Waals surface area contributed by atoms with Crippen LogP contribution in [0.2, 0.25) is 0 Å². The highest BCUT2D eigenvalue weighted by Gasteiger charge is 2.21. The van der Waals surface area contributed by atoms with Crippen molar-refractivity contribution in [3.8, 4) is 0 Å². The maximum absolute atomic E-state index is 12.4. The summed E-state index contributed by atoms with van der Waals surface area (Å²) in [6, 6.07) is 8.28. The Kier molecular flexibility index (Phi) is 3.69. The van der Waals surface area contributed by atoms with Crippen molar-refractivity contribution in [2.24, 2.45) is 0 Å². The molecule has 1 aromatic heterocycles. The van der Waals surface area contributed by atoms with E-state index in [1.54, 1.807) is 11.1 Å². The van der Waals surface area contributed by atoms with E-state index in [1.165, 1.54) is 5.56 Å². The standard InChI is InChI=1S/C15H19N3O/c1-10-5-7-13(8-6-10)12(3)18(4)15(19)14-9-16-17-11(14)2/h5-9,12H,1-4H3,(H,16,17). The fraction of sp³-hybridized carbons (Fsp3) is 0.333. The third-order valence-corrected chi connectivity index (χ3v) is 3.52. The predicted octanol–water partition coefficient (Wildman–Crippen LogP) is 2.86. The summed E-state index contributed by atoms with van der Waals surface area (Å²) >= 11 is 0. The van der Waals surface area contributed by atoms with Crippen LogP contribution in [0.3, 0.4) is 0 Å². The molecular formula is C15H19N3O. The molecule has 0 aliphatic heterocycles. The van der Waals surface area contributed by atoms with Gasteiger partial charge in [-0.3, -0.25) is 9.89 Å². The van der Waals surface area contributed by atoms with Gasteiger partial charge in [-0.1, -0.05) is 29.8 Å². The van der Waals surface area contributed by atoms with Gasteiger partial charge in [0.25, 0.3) is 5.91 Å². The quantitative estimate of drug-likeness (QED) is 0.919. The Morgan fingerprint density at radius 2 is 1.89 bits per heavy atom. The van der Waals surface area contributed by atoms with Crippen molar-refractivity contribution in [2.45, 2.75) is 26.8 Å². The van der Waals surface area contributed by atoms with Gasteiger partial charge in [0.1, 0.15) is 0 Å². The average Bonchev–Trinajstić information content (AvgIpc) is 2.83. The number of benzene rings is 1. The first-order valence-electron chi connectivity index (χ1n) is 6.34. The van der Waals surface area contributed by atoms with Crippen LogP contribution >= 0.6 is 0 Å². The number of carbonyl (C=O) groups excluding carboxylic acids is 1. The van der Waals surface area contributed by atoms with Gasteiger partial charge in [-0.15, -0.1) is 0 Å². The van der Waals surface area contributed by atoms with Crippen LogP contribution in [0.25, 0.3) is 0 Å². The van der Waals surface area contributed by atoms with Crippen LogP contribution in [-0.4, -0.2) is 28.1 Å². The Labute approximate surface area is 113 Å². The molecule has 1 amide bonds. The summed E-state index contributed by atoms with van der Waals surface area (Å²) in [7, 11) is 1.82. The molecule has 1 atom stereocenters. The highest BCUT2D eigenvalue weighted by atomic mass is 16.2. The molecule has 1 heterocycles. The lowest BCUT2D eigenvalue weighted by molar-refractivity contribution is 0.0742. The van der Waals surface area contributed by atoms with Gasteiger partial charge in [0, 0.05) is 12.7 Å². The summed E-state index contributed by atoms with van der Waals surface area (Å²) in [4.78, 5) is 14.1. The molecule has 0 bridgehead atoms. The zero-order valence-electron chi connectivity index (χ0n) is 11.8. The second-order valence-electron chi connectivity index (χ2n) is 4.91. The van der Waals surface area contributed by atoms with Gasteiger partial charge in [-0.05, 0) is 26.3 Å². The van der Waals surface area contributed by atoms with Crippen molar-refractivity contribution < 1.29 is 4.79 Å². The van der Waals surface area contributed by atoms with Gasteiger partial charge in [-0.25, -0.2) is 0 Å². The minimum atomic E-state index is -0.0145. The molecule has 1 aromatic carbocycles. The molecule has 0 saturated heterocycles. The number of aromatic nitrogens is 2. The number of hydrogen-bond acceptors (Lipinski definition) is 2. The van der Waals surface area contributed by atoms with Crippen molar-refractivity contribution in [1.29, 1.82) is 0 Å². The lowest BCUT2D eigenvalue weighted by Crippen LogP contribution is -2.29.